The molecule has 0 bridgehead atoms. The van der Waals surface area contributed by atoms with E-state index in [-0.39, 0.29) is 6.10 Å². The van der Waals surface area contributed by atoms with Crippen molar-refractivity contribution < 1.29 is 9.26 Å². The first-order chi connectivity index (χ1) is 10.4. The van der Waals surface area contributed by atoms with Crippen molar-refractivity contribution in [2.24, 2.45) is 5.92 Å². The summed E-state index contributed by atoms with van der Waals surface area (Å²) >= 11 is 0. The average Bonchev–Trinajstić information content (AvgIpc) is 3.14. The molecule has 1 N–H and O–H groups in total. The van der Waals surface area contributed by atoms with Crippen LogP contribution in [0.4, 0.5) is 0 Å². The number of rotatable bonds is 3. The van der Waals surface area contributed by atoms with Gasteiger partial charge in [-0.2, -0.15) is 4.98 Å². The molecule has 21 heavy (non-hydrogen) atoms. The maximum absolute atomic E-state index is 5.90. The number of hydrogen-bond acceptors (Lipinski definition) is 5. The van der Waals surface area contributed by atoms with Crippen LogP contribution in [0.3, 0.4) is 0 Å². The minimum atomic E-state index is -0.104. The summed E-state index contributed by atoms with van der Waals surface area (Å²) in [4.78, 5) is 4.55. The molecule has 1 saturated heterocycles. The molecule has 1 atom stereocenters. The normalized spacial score (nSPS) is 22.0. The maximum atomic E-state index is 5.90. The monoisotopic (exact) mass is 285 g/mol. The highest BCUT2D eigenvalue weighted by Gasteiger charge is 2.28. The molecular weight excluding hydrogens is 266 g/mol. The van der Waals surface area contributed by atoms with Gasteiger partial charge in [0.1, 0.15) is 5.75 Å². The van der Waals surface area contributed by atoms with Gasteiger partial charge in [-0.15, -0.1) is 0 Å². The van der Waals surface area contributed by atoms with Crippen LogP contribution in [0.2, 0.25) is 0 Å². The molecule has 0 aliphatic carbocycles. The standard InChI is InChI=1S/C16H19N3O2/c1-2-4-13-12(3-1)10-14(20-13)16-18-15(21-19-16)9-11-5-7-17-8-6-11/h1-4,11,14,17H,5-10H2. The van der Waals surface area contributed by atoms with Gasteiger partial charge < -0.3 is 14.6 Å². The Morgan fingerprint density at radius 3 is 2.90 bits per heavy atom. The largest absolute Gasteiger partial charge is 0.482 e. The fourth-order valence-electron chi connectivity index (χ4n) is 3.14. The van der Waals surface area contributed by atoms with Gasteiger partial charge in [-0.25, -0.2) is 0 Å². The van der Waals surface area contributed by atoms with Crippen LogP contribution in [0.5, 0.6) is 5.75 Å². The summed E-state index contributed by atoms with van der Waals surface area (Å²) in [5.41, 5.74) is 1.22. The molecule has 0 saturated carbocycles. The molecule has 2 aliphatic heterocycles. The highest BCUT2D eigenvalue weighted by molar-refractivity contribution is 5.37. The number of fused-ring (bicyclic) bond motifs is 1. The van der Waals surface area contributed by atoms with Crippen LogP contribution in [0, 0.1) is 5.92 Å². The average molecular weight is 285 g/mol. The van der Waals surface area contributed by atoms with Crippen LogP contribution < -0.4 is 10.1 Å². The maximum Gasteiger partial charge on any atom is 0.227 e. The summed E-state index contributed by atoms with van der Waals surface area (Å²) in [6.07, 6.45) is 3.97. The zero-order valence-corrected chi connectivity index (χ0v) is 11.9. The van der Waals surface area contributed by atoms with Gasteiger partial charge in [0.2, 0.25) is 11.7 Å². The predicted octanol–water partition coefficient (Wildman–Crippen LogP) is 2.29. The van der Waals surface area contributed by atoms with Crippen LogP contribution in [0.25, 0.3) is 0 Å². The number of hydrogen-bond donors (Lipinski definition) is 1. The van der Waals surface area contributed by atoms with Gasteiger partial charge in [0.25, 0.3) is 0 Å². The molecular formula is C16H19N3O2. The van der Waals surface area contributed by atoms with Crippen molar-refractivity contribution in [1.82, 2.24) is 15.5 Å². The summed E-state index contributed by atoms with van der Waals surface area (Å²) in [5.74, 6) is 3.01. The van der Waals surface area contributed by atoms with Gasteiger partial charge in [0.15, 0.2) is 6.10 Å². The predicted molar refractivity (Wildman–Crippen MR) is 77.1 cm³/mol. The van der Waals surface area contributed by atoms with E-state index in [0.717, 1.165) is 37.6 Å². The van der Waals surface area contributed by atoms with Gasteiger partial charge >= 0.3 is 0 Å². The van der Waals surface area contributed by atoms with Crippen molar-refractivity contribution in [3.05, 3.63) is 41.5 Å². The lowest BCUT2D eigenvalue weighted by molar-refractivity contribution is 0.220. The van der Waals surface area contributed by atoms with Gasteiger partial charge in [0, 0.05) is 12.8 Å². The summed E-state index contributed by atoms with van der Waals surface area (Å²) in [7, 11) is 0. The van der Waals surface area contributed by atoms with Crippen molar-refractivity contribution in [3.63, 3.8) is 0 Å². The Kier molecular flexibility index (Phi) is 3.35. The van der Waals surface area contributed by atoms with E-state index in [2.05, 4.69) is 21.5 Å². The fourth-order valence-corrected chi connectivity index (χ4v) is 3.14. The summed E-state index contributed by atoms with van der Waals surface area (Å²) < 4.78 is 11.3. The zero-order chi connectivity index (χ0) is 14.1. The van der Waals surface area contributed by atoms with Crippen molar-refractivity contribution in [2.45, 2.75) is 31.8 Å². The molecule has 0 radical (unpaired) electrons. The number of benzene rings is 1. The van der Waals surface area contributed by atoms with E-state index in [9.17, 15) is 0 Å². The van der Waals surface area contributed by atoms with E-state index in [4.69, 9.17) is 9.26 Å². The van der Waals surface area contributed by atoms with Crippen LogP contribution in [0.15, 0.2) is 28.8 Å². The number of ether oxygens (including phenoxy) is 1. The molecule has 1 unspecified atom stereocenters. The van der Waals surface area contributed by atoms with Gasteiger partial charge in [-0.3, -0.25) is 0 Å². The topological polar surface area (TPSA) is 60.2 Å². The Balaban J connectivity index is 1.43. The van der Waals surface area contributed by atoms with Crippen molar-refractivity contribution in [1.29, 1.82) is 0 Å². The highest BCUT2D eigenvalue weighted by atomic mass is 16.5. The van der Waals surface area contributed by atoms with Crippen LogP contribution >= 0.6 is 0 Å². The third-order valence-electron chi connectivity index (χ3n) is 4.34. The number of nitrogens with one attached hydrogen (secondary N) is 1. The van der Waals surface area contributed by atoms with Crippen LogP contribution in [-0.2, 0) is 12.8 Å². The van der Waals surface area contributed by atoms with Crippen molar-refractivity contribution >= 4 is 0 Å². The first-order valence-electron chi connectivity index (χ1n) is 7.66. The Labute approximate surface area is 123 Å². The smallest absolute Gasteiger partial charge is 0.227 e. The Morgan fingerprint density at radius 1 is 1.19 bits per heavy atom. The van der Waals surface area contributed by atoms with E-state index >= 15 is 0 Å². The summed E-state index contributed by atoms with van der Waals surface area (Å²) in [6, 6.07) is 8.10. The fraction of sp³-hybridized carbons (Fsp3) is 0.500. The SMILES string of the molecule is c1ccc2c(c1)CC(c1noc(CC3CCNCC3)n1)O2. The molecule has 0 amide bonds. The molecule has 2 aliphatic rings. The minimum Gasteiger partial charge on any atom is -0.482 e. The first-order valence-corrected chi connectivity index (χ1v) is 7.66. The molecule has 1 aromatic heterocycles. The second kappa shape index (κ2) is 5.48. The minimum absolute atomic E-state index is 0.104. The van der Waals surface area contributed by atoms with Gasteiger partial charge in [0.05, 0.1) is 0 Å². The molecule has 5 nitrogen and oxygen atoms in total. The van der Waals surface area contributed by atoms with Crippen LogP contribution in [0.1, 0.15) is 36.2 Å². The van der Waals surface area contributed by atoms with Crippen LogP contribution in [-0.4, -0.2) is 23.2 Å². The Hall–Kier alpha value is -1.88. The lowest BCUT2D eigenvalue weighted by Gasteiger charge is -2.20. The summed E-state index contributed by atoms with van der Waals surface area (Å²) in [5, 5.41) is 7.49. The molecule has 3 heterocycles. The Morgan fingerprint density at radius 2 is 2.05 bits per heavy atom. The lowest BCUT2D eigenvalue weighted by atomic mass is 9.95. The third kappa shape index (κ3) is 2.65. The number of aromatic nitrogens is 2. The number of piperidine rings is 1. The number of para-hydroxylation sites is 1. The molecule has 0 spiro atoms. The van der Waals surface area contributed by atoms with Crippen molar-refractivity contribution in [2.75, 3.05) is 13.1 Å². The second-order valence-electron chi connectivity index (χ2n) is 5.86. The van der Waals surface area contributed by atoms with E-state index in [1.165, 1.54) is 18.4 Å². The molecule has 5 heteroatoms. The molecule has 2 aromatic rings. The first kappa shape index (κ1) is 12.8. The highest BCUT2D eigenvalue weighted by Crippen LogP contribution is 2.35. The second-order valence-corrected chi connectivity index (χ2v) is 5.86. The van der Waals surface area contributed by atoms with E-state index in [0.29, 0.717) is 11.7 Å². The van der Waals surface area contributed by atoms with Gasteiger partial charge in [-0.1, -0.05) is 23.4 Å². The Bertz CT molecular complexity index is 594. The third-order valence-corrected chi connectivity index (χ3v) is 4.34. The van der Waals surface area contributed by atoms with E-state index < -0.39 is 0 Å². The number of nitrogens with zero attached hydrogens (tertiary/aromatic N) is 2. The molecule has 4 rings (SSSR count). The lowest BCUT2D eigenvalue weighted by Crippen LogP contribution is -2.28. The molecule has 1 aromatic carbocycles. The van der Waals surface area contributed by atoms with Crippen molar-refractivity contribution in [3.8, 4) is 5.75 Å². The summed E-state index contributed by atoms with van der Waals surface area (Å²) in [6.45, 7) is 2.18. The zero-order valence-electron chi connectivity index (χ0n) is 11.9. The van der Waals surface area contributed by atoms with E-state index in [1.54, 1.807) is 0 Å². The molecule has 110 valence electrons. The quantitative estimate of drug-likeness (QED) is 0.937. The van der Waals surface area contributed by atoms with Gasteiger partial charge in [-0.05, 0) is 43.5 Å². The molecule has 1 fully saturated rings. The van der Waals surface area contributed by atoms with E-state index in [1.807, 2.05) is 18.2 Å².